The molecule has 0 bridgehead atoms. The highest BCUT2D eigenvalue weighted by molar-refractivity contribution is 5.98. The van der Waals surface area contributed by atoms with Gasteiger partial charge in [0.2, 0.25) is 5.91 Å². The average molecular weight is 442 g/mol. The number of rotatable bonds is 6. The second kappa shape index (κ2) is 8.90. The number of nitrogens with one attached hydrogen (secondary N) is 2. The zero-order valence-electron chi connectivity index (χ0n) is 19.0. The van der Waals surface area contributed by atoms with E-state index in [0.29, 0.717) is 33.1 Å². The van der Waals surface area contributed by atoms with Crippen LogP contribution in [0, 0.1) is 0 Å². The Bertz CT molecular complexity index is 1340. The lowest BCUT2D eigenvalue weighted by Gasteiger charge is -2.24. The molecule has 0 atom stereocenters. The summed E-state index contributed by atoms with van der Waals surface area (Å²) in [6, 6.07) is 21.4. The van der Waals surface area contributed by atoms with Crippen LogP contribution in [0.2, 0.25) is 0 Å². The van der Waals surface area contributed by atoms with Crippen LogP contribution in [-0.4, -0.2) is 21.9 Å². The third-order valence-electron chi connectivity index (χ3n) is 5.95. The molecule has 0 unspecified atom stereocenters. The summed E-state index contributed by atoms with van der Waals surface area (Å²) < 4.78 is 1.86. The maximum atomic E-state index is 12.9. The van der Waals surface area contributed by atoms with Crippen LogP contribution < -0.4 is 16.1 Å². The number of pyridine rings is 1. The lowest BCUT2D eigenvalue weighted by atomic mass is 10.0. The minimum absolute atomic E-state index is 0.0435. The Labute approximate surface area is 192 Å². The smallest absolute Gasteiger partial charge is 0.251 e. The zero-order chi connectivity index (χ0) is 23.6. The van der Waals surface area contributed by atoms with Gasteiger partial charge in [-0.15, -0.1) is 0 Å². The molecule has 168 valence electrons. The highest BCUT2D eigenvalue weighted by Crippen LogP contribution is 2.20. The van der Waals surface area contributed by atoms with Gasteiger partial charge in [0.25, 0.3) is 5.91 Å². The molecule has 0 radical (unpaired) electrons. The fourth-order valence-electron chi connectivity index (χ4n) is 3.76. The van der Waals surface area contributed by atoms with Crippen molar-refractivity contribution in [3.05, 3.63) is 88.6 Å². The lowest BCUT2D eigenvalue weighted by Crippen LogP contribution is -2.42. The van der Waals surface area contributed by atoms with Crippen LogP contribution >= 0.6 is 0 Å². The van der Waals surface area contributed by atoms with E-state index in [1.54, 1.807) is 36.4 Å². The van der Waals surface area contributed by atoms with E-state index in [9.17, 15) is 14.4 Å². The van der Waals surface area contributed by atoms with Gasteiger partial charge in [0.15, 0.2) is 5.43 Å². The van der Waals surface area contributed by atoms with E-state index >= 15 is 0 Å². The molecule has 0 aliphatic heterocycles. The van der Waals surface area contributed by atoms with Crippen molar-refractivity contribution in [3.63, 3.8) is 0 Å². The topological polar surface area (TPSA) is 80.2 Å². The van der Waals surface area contributed by atoms with E-state index in [-0.39, 0.29) is 29.3 Å². The van der Waals surface area contributed by atoms with Crippen molar-refractivity contribution in [2.75, 3.05) is 5.32 Å². The fraction of sp³-hybridized carbons (Fsp3) is 0.222. The Hall–Kier alpha value is -3.93. The molecule has 6 heteroatoms. The second-order valence-electron chi connectivity index (χ2n) is 8.77. The summed E-state index contributed by atoms with van der Waals surface area (Å²) >= 11 is 0. The van der Waals surface area contributed by atoms with Crippen molar-refractivity contribution in [1.29, 1.82) is 0 Å². The van der Waals surface area contributed by atoms with Gasteiger partial charge in [0.05, 0.1) is 11.0 Å². The number of carbonyl (C=O) groups is 2. The van der Waals surface area contributed by atoms with Gasteiger partial charge < -0.3 is 15.2 Å². The molecule has 0 saturated heterocycles. The number of fused-ring (bicyclic) bond motifs is 2. The van der Waals surface area contributed by atoms with Crippen molar-refractivity contribution in [2.24, 2.45) is 0 Å². The molecule has 1 aromatic heterocycles. The molecule has 4 aromatic rings. The van der Waals surface area contributed by atoms with Crippen LogP contribution in [0.3, 0.4) is 0 Å². The molecule has 0 aliphatic rings. The van der Waals surface area contributed by atoms with Crippen LogP contribution in [-0.2, 0) is 11.3 Å². The van der Waals surface area contributed by atoms with Gasteiger partial charge in [-0.25, -0.2) is 0 Å². The highest BCUT2D eigenvalue weighted by atomic mass is 16.2. The second-order valence-corrected chi connectivity index (χ2v) is 8.77. The highest BCUT2D eigenvalue weighted by Gasteiger charge is 2.19. The van der Waals surface area contributed by atoms with Crippen LogP contribution in [0.4, 0.5) is 5.69 Å². The Balaban J connectivity index is 1.57. The maximum Gasteiger partial charge on any atom is 0.251 e. The Morgan fingerprint density at radius 1 is 0.848 bits per heavy atom. The van der Waals surface area contributed by atoms with Crippen LogP contribution in [0.15, 0.2) is 77.6 Å². The zero-order valence-corrected chi connectivity index (χ0v) is 19.0. The quantitative estimate of drug-likeness (QED) is 0.425. The molecule has 2 N–H and O–H groups in total. The molecule has 2 amide bonds. The summed E-state index contributed by atoms with van der Waals surface area (Å²) in [5.74, 6) is -0.371. The molecule has 0 fully saturated rings. The number of aromatic nitrogens is 1. The number of carbonyl (C=O) groups excluding carboxylic acids is 2. The first-order valence-electron chi connectivity index (χ1n) is 11.0. The van der Waals surface area contributed by atoms with Crippen LogP contribution in [0.1, 0.15) is 37.6 Å². The summed E-state index contributed by atoms with van der Waals surface area (Å²) in [6.07, 6.45) is 0.821. The Morgan fingerprint density at radius 3 is 1.94 bits per heavy atom. The monoisotopic (exact) mass is 441 g/mol. The van der Waals surface area contributed by atoms with Crippen LogP contribution in [0.25, 0.3) is 21.8 Å². The third kappa shape index (κ3) is 4.65. The van der Waals surface area contributed by atoms with Crippen molar-refractivity contribution in [3.8, 4) is 0 Å². The summed E-state index contributed by atoms with van der Waals surface area (Å²) in [5, 5.41) is 7.05. The van der Waals surface area contributed by atoms with E-state index in [4.69, 9.17) is 0 Å². The standard InChI is InChI=1S/C27H27N3O3/c1-4-27(2,3)29-26(33)18-13-15-19(16-14-18)28-24(31)17-30-22-11-7-5-9-20(22)25(32)21-10-6-8-12-23(21)30/h5-16H,4,17H2,1-3H3,(H,28,31)(H,29,33). The molecule has 6 nitrogen and oxygen atoms in total. The first-order chi connectivity index (χ1) is 15.8. The molecule has 0 saturated carbocycles. The predicted octanol–water partition coefficient (Wildman–Crippen LogP) is 4.71. The van der Waals surface area contributed by atoms with Gasteiger partial charge in [0.1, 0.15) is 6.54 Å². The van der Waals surface area contributed by atoms with Gasteiger partial charge in [-0.2, -0.15) is 0 Å². The Kier molecular flexibility index (Phi) is 6.01. The van der Waals surface area contributed by atoms with E-state index in [2.05, 4.69) is 10.6 Å². The van der Waals surface area contributed by atoms with Crippen molar-refractivity contribution in [1.82, 2.24) is 9.88 Å². The van der Waals surface area contributed by atoms with Gasteiger partial charge in [-0.3, -0.25) is 14.4 Å². The molecular formula is C27H27N3O3. The molecule has 0 spiro atoms. The largest absolute Gasteiger partial charge is 0.347 e. The predicted molar refractivity (Wildman–Crippen MR) is 133 cm³/mol. The summed E-state index contributed by atoms with van der Waals surface area (Å²) in [6.45, 7) is 6.02. The van der Waals surface area contributed by atoms with E-state index < -0.39 is 0 Å². The first kappa shape index (κ1) is 22.3. The van der Waals surface area contributed by atoms with Crippen molar-refractivity contribution < 1.29 is 9.59 Å². The SMILES string of the molecule is CCC(C)(C)NC(=O)c1ccc(NC(=O)Cn2c3ccccc3c(=O)c3ccccc32)cc1. The van der Waals surface area contributed by atoms with Gasteiger partial charge >= 0.3 is 0 Å². The minimum atomic E-state index is -0.285. The number of benzene rings is 3. The van der Waals surface area contributed by atoms with E-state index in [1.807, 2.05) is 61.7 Å². The maximum absolute atomic E-state index is 12.9. The lowest BCUT2D eigenvalue weighted by molar-refractivity contribution is -0.116. The number of hydrogen-bond acceptors (Lipinski definition) is 3. The number of para-hydroxylation sites is 2. The summed E-state index contributed by atoms with van der Waals surface area (Å²) in [7, 11) is 0. The fourth-order valence-corrected chi connectivity index (χ4v) is 3.76. The number of amides is 2. The number of nitrogens with zero attached hydrogens (tertiary/aromatic N) is 1. The number of hydrogen-bond donors (Lipinski definition) is 2. The number of anilines is 1. The van der Waals surface area contributed by atoms with Crippen molar-refractivity contribution in [2.45, 2.75) is 39.3 Å². The van der Waals surface area contributed by atoms with Gasteiger partial charge in [0, 0.05) is 27.6 Å². The summed E-state index contributed by atoms with van der Waals surface area (Å²) in [5.41, 5.74) is 2.22. The molecule has 1 heterocycles. The normalized spacial score (nSPS) is 11.5. The third-order valence-corrected chi connectivity index (χ3v) is 5.95. The molecule has 0 aliphatic carbocycles. The van der Waals surface area contributed by atoms with E-state index in [1.165, 1.54) is 0 Å². The Morgan fingerprint density at radius 2 is 1.39 bits per heavy atom. The minimum Gasteiger partial charge on any atom is -0.347 e. The molecule has 33 heavy (non-hydrogen) atoms. The molecule has 4 rings (SSSR count). The average Bonchev–Trinajstić information content (AvgIpc) is 2.82. The van der Waals surface area contributed by atoms with Crippen LogP contribution in [0.5, 0.6) is 0 Å². The summed E-state index contributed by atoms with van der Waals surface area (Å²) in [4.78, 5) is 38.2. The van der Waals surface area contributed by atoms with Gasteiger partial charge in [-0.1, -0.05) is 31.2 Å². The first-order valence-corrected chi connectivity index (χ1v) is 11.0. The van der Waals surface area contributed by atoms with Gasteiger partial charge in [-0.05, 0) is 68.8 Å². The van der Waals surface area contributed by atoms with E-state index in [0.717, 1.165) is 6.42 Å². The molecular weight excluding hydrogens is 414 g/mol. The van der Waals surface area contributed by atoms with Crippen molar-refractivity contribution >= 4 is 39.3 Å². The molecule has 3 aromatic carbocycles.